The van der Waals surface area contributed by atoms with Crippen LogP contribution in [-0.2, 0) is 9.59 Å². The zero-order valence-corrected chi connectivity index (χ0v) is 5.96. The number of imide groups is 1. The molecular weight excluding hydrogens is 144 g/mol. The van der Waals surface area contributed by atoms with E-state index in [0.717, 1.165) is 13.0 Å². The van der Waals surface area contributed by atoms with E-state index in [1.54, 1.807) is 4.90 Å². The van der Waals surface area contributed by atoms with Gasteiger partial charge in [-0.2, -0.15) is 0 Å². The molecule has 0 aromatic heterocycles. The lowest BCUT2D eigenvalue weighted by Crippen LogP contribution is -2.48. The largest absolute Gasteiger partial charge is 0.358 e. The first kappa shape index (κ1) is 6.39. The van der Waals surface area contributed by atoms with Gasteiger partial charge in [-0.15, -0.1) is 0 Å². The molecule has 0 unspecified atom stereocenters. The summed E-state index contributed by atoms with van der Waals surface area (Å²) in [6, 6.07) is 0. The van der Waals surface area contributed by atoms with Crippen molar-refractivity contribution in [2.75, 3.05) is 13.1 Å². The first-order valence-electron chi connectivity index (χ1n) is 3.56. The number of nitrogens with zero attached hydrogens (tertiary/aromatic N) is 1. The molecule has 0 aromatic carbocycles. The number of fused-ring (bicyclic) bond motifs is 1. The predicted molar refractivity (Wildman–Crippen MR) is 37.4 cm³/mol. The fourth-order valence-corrected chi connectivity index (χ4v) is 1.41. The van der Waals surface area contributed by atoms with E-state index < -0.39 is 0 Å². The van der Waals surface area contributed by atoms with Crippen LogP contribution in [0.25, 0.3) is 0 Å². The van der Waals surface area contributed by atoms with Crippen LogP contribution in [0.2, 0.25) is 0 Å². The lowest BCUT2D eigenvalue weighted by atomic mass is 10.3. The lowest BCUT2D eigenvalue weighted by molar-refractivity contribution is -0.132. The van der Waals surface area contributed by atoms with Crippen molar-refractivity contribution in [1.82, 2.24) is 10.2 Å². The molecule has 2 rings (SSSR count). The van der Waals surface area contributed by atoms with Gasteiger partial charge in [-0.3, -0.25) is 14.9 Å². The molecule has 0 aromatic rings. The second-order valence-corrected chi connectivity index (χ2v) is 2.68. The van der Waals surface area contributed by atoms with Crippen LogP contribution in [0.3, 0.4) is 0 Å². The fraction of sp³-hybridized carbons (Fsp3) is 0.429. The molecule has 0 atom stereocenters. The van der Waals surface area contributed by atoms with Crippen LogP contribution in [0.15, 0.2) is 11.8 Å². The Morgan fingerprint density at radius 1 is 1.45 bits per heavy atom. The molecule has 0 aliphatic carbocycles. The molecule has 2 aliphatic heterocycles. The third kappa shape index (κ3) is 0.906. The molecular formula is C7H8N2O2. The van der Waals surface area contributed by atoms with Crippen molar-refractivity contribution in [1.29, 1.82) is 0 Å². The molecule has 1 fully saturated rings. The lowest BCUT2D eigenvalue weighted by Gasteiger charge is -2.25. The summed E-state index contributed by atoms with van der Waals surface area (Å²) in [5.41, 5.74) is 0.657. The fourth-order valence-electron chi connectivity index (χ4n) is 1.41. The van der Waals surface area contributed by atoms with E-state index in [1.807, 2.05) is 6.08 Å². The summed E-state index contributed by atoms with van der Waals surface area (Å²) in [7, 11) is 0. The summed E-state index contributed by atoms with van der Waals surface area (Å²) < 4.78 is 0. The van der Waals surface area contributed by atoms with E-state index in [-0.39, 0.29) is 11.8 Å². The first-order valence-corrected chi connectivity index (χ1v) is 3.56. The molecule has 0 radical (unpaired) electrons. The van der Waals surface area contributed by atoms with Gasteiger partial charge in [0, 0.05) is 6.54 Å². The van der Waals surface area contributed by atoms with Crippen molar-refractivity contribution >= 4 is 11.8 Å². The van der Waals surface area contributed by atoms with E-state index in [9.17, 15) is 9.59 Å². The number of carbonyl (C=O) groups is 2. The van der Waals surface area contributed by atoms with Crippen molar-refractivity contribution in [3.8, 4) is 0 Å². The van der Waals surface area contributed by atoms with Crippen LogP contribution in [0.4, 0.5) is 0 Å². The molecule has 4 nitrogen and oxygen atoms in total. The van der Waals surface area contributed by atoms with E-state index in [2.05, 4.69) is 5.32 Å². The molecule has 1 N–H and O–H groups in total. The van der Waals surface area contributed by atoms with E-state index >= 15 is 0 Å². The predicted octanol–water partition coefficient (Wildman–Crippen LogP) is -0.768. The standard InChI is InChI=1S/C7H8N2O2/c10-6-4-9-3-1-2-5(9)7(11)8-6/h2H,1,3-4H2,(H,8,10,11). The second kappa shape index (κ2) is 2.08. The van der Waals surface area contributed by atoms with Gasteiger partial charge in [0.05, 0.1) is 12.2 Å². The van der Waals surface area contributed by atoms with Gasteiger partial charge >= 0.3 is 0 Å². The van der Waals surface area contributed by atoms with Crippen molar-refractivity contribution in [2.24, 2.45) is 0 Å². The minimum Gasteiger partial charge on any atom is -0.358 e. The van der Waals surface area contributed by atoms with Crippen LogP contribution in [0.5, 0.6) is 0 Å². The molecule has 4 heteroatoms. The van der Waals surface area contributed by atoms with E-state index in [4.69, 9.17) is 0 Å². The van der Waals surface area contributed by atoms with E-state index in [0.29, 0.717) is 12.2 Å². The maximum Gasteiger partial charge on any atom is 0.273 e. The van der Waals surface area contributed by atoms with Gasteiger partial charge < -0.3 is 4.90 Å². The Kier molecular flexibility index (Phi) is 1.21. The summed E-state index contributed by atoms with van der Waals surface area (Å²) in [4.78, 5) is 23.7. The van der Waals surface area contributed by atoms with Crippen LogP contribution >= 0.6 is 0 Å². The van der Waals surface area contributed by atoms with Gasteiger partial charge in [0.15, 0.2) is 0 Å². The summed E-state index contributed by atoms with van der Waals surface area (Å²) >= 11 is 0. The smallest absolute Gasteiger partial charge is 0.273 e. The highest BCUT2D eigenvalue weighted by Gasteiger charge is 2.29. The van der Waals surface area contributed by atoms with Gasteiger partial charge in [-0.25, -0.2) is 0 Å². The Labute approximate surface area is 63.9 Å². The number of carbonyl (C=O) groups excluding carboxylic acids is 2. The Morgan fingerprint density at radius 3 is 3.09 bits per heavy atom. The van der Waals surface area contributed by atoms with E-state index in [1.165, 1.54) is 0 Å². The average Bonchev–Trinajstić information content (AvgIpc) is 2.34. The molecule has 0 bridgehead atoms. The maximum atomic E-state index is 11.0. The SMILES string of the molecule is O=C1CN2CCC=C2C(=O)N1. The quantitative estimate of drug-likeness (QED) is 0.464. The second-order valence-electron chi connectivity index (χ2n) is 2.68. The Morgan fingerprint density at radius 2 is 2.27 bits per heavy atom. The molecule has 2 amide bonds. The molecule has 2 aliphatic rings. The Balaban J connectivity index is 2.26. The van der Waals surface area contributed by atoms with Crippen molar-refractivity contribution in [2.45, 2.75) is 6.42 Å². The van der Waals surface area contributed by atoms with Gasteiger partial charge in [0.1, 0.15) is 0 Å². The van der Waals surface area contributed by atoms with Crippen LogP contribution in [-0.4, -0.2) is 29.8 Å². The Bertz CT molecular complexity index is 257. The topological polar surface area (TPSA) is 49.4 Å². The number of piperazine rings is 1. The third-order valence-corrected chi connectivity index (χ3v) is 1.90. The highest BCUT2D eigenvalue weighted by atomic mass is 16.2. The van der Waals surface area contributed by atoms with Crippen molar-refractivity contribution in [3.63, 3.8) is 0 Å². The number of rotatable bonds is 0. The molecule has 0 saturated carbocycles. The van der Waals surface area contributed by atoms with Crippen molar-refractivity contribution < 1.29 is 9.59 Å². The highest BCUT2D eigenvalue weighted by molar-refractivity contribution is 6.07. The van der Waals surface area contributed by atoms with Gasteiger partial charge in [0.25, 0.3) is 5.91 Å². The normalized spacial score (nSPS) is 22.9. The summed E-state index contributed by atoms with van der Waals surface area (Å²) in [5, 5.41) is 2.26. The molecule has 1 saturated heterocycles. The van der Waals surface area contributed by atoms with Crippen molar-refractivity contribution in [3.05, 3.63) is 11.8 Å². The van der Waals surface area contributed by atoms with Crippen LogP contribution in [0.1, 0.15) is 6.42 Å². The summed E-state index contributed by atoms with van der Waals surface area (Å²) in [6.45, 7) is 1.13. The first-order chi connectivity index (χ1) is 5.27. The number of hydrogen-bond donors (Lipinski definition) is 1. The number of nitrogens with one attached hydrogen (secondary N) is 1. The molecule has 2 heterocycles. The maximum absolute atomic E-state index is 11.0. The zero-order valence-electron chi connectivity index (χ0n) is 5.96. The van der Waals surface area contributed by atoms with Gasteiger partial charge in [-0.05, 0) is 6.42 Å². The van der Waals surface area contributed by atoms with Gasteiger partial charge in [0.2, 0.25) is 5.91 Å². The third-order valence-electron chi connectivity index (χ3n) is 1.90. The molecule has 58 valence electrons. The highest BCUT2D eigenvalue weighted by Crippen LogP contribution is 2.16. The van der Waals surface area contributed by atoms with Crippen LogP contribution < -0.4 is 5.32 Å². The monoisotopic (exact) mass is 152 g/mol. The molecule has 0 spiro atoms. The summed E-state index contributed by atoms with van der Waals surface area (Å²) in [6.07, 6.45) is 2.73. The summed E-state index contributed by atoms with van der Waals surface area (Å²) in [5.74, 6) is -0.451. The zero-order chi connectivity index (χ0) is 7.84. The molecule has 11 heavy (non-hydrogen) atoms. The van der Waals surface area contributed by atoms with Crippen LogP contribution in [0, 0.1) is 0 Å². The minimum atomic E-state index is -0.251. The number of amides is 2. The number of hydrogen-bond acceptors (Lipinski definition) is 3. The van der Waals surface area contributed by atoms with Gasteiger partial charge in [-0.1, -0.05) is 6.08 Å². The average molecular weight is 152 g/mol. The Hall–Kier alpha value is -1.32. The minimum absolute atomic E-state index is 0.200.